The van der Waals surface area contributed by atoms with Gasteiger partial charge in [-0.3, -0.25) is 0 Å². The summed E-state index contributed by atoms with van der Waals surface area (Å²) >= 11 is 0. The van der Waals surface area contributed by atoms with Crippen molar-refractivity contribution in [3.05, 3.63) is 17.7 Å². The van der Waals surface area contributed by atoms with E-state index in [2.05, 4.69) is 22.3 Å². The second-order valence-corrected chi connectivity index (χ2v) is 5.24. The third-order valence-electron chi connectivity index (χ3n) is 3.92. The van der Waals surface area contributed by atoms with E-state index in [1.165, 1.54) is 24.8 Å². The highest BCUT2D eigenvalue weighted by atomic mass is 16.5. The third kappa shape index (κ3) is 3.37. The minimum absolute atomic E-state index is 0.933. The molecule has 0 spiro atoms. The van der Waals surface area contributed by atoms with Crippen molar-refractivity contribution in [2.75, 3.05) is 45.8 Å². The van der Waals surface area contributed by atoms with Crippen LogP contribution in [0.2, 0.25) is 0 Å². The molecule has 1 aliphatic heterocycles. The highest BCUT2D eigenvalue weighted by Crippen LogP contribution is 2.36. The molecular formula is C16H26N2O2. The minimum atomic E-state index is 0.933. The number of hydrogen-bond donors (Lipinski definition) is 1. The van der Waals surface area contributed by atoms with Crippen LogP contribution in [0.15, 0.2) is 12.1 Å². The number of anilines is 1. The van der Waals surface area contributed by atoms with Gasteiger partial charge in [0, 0.05) is 19.2 Å². The zero-order chi connectivity index (χ0) is 14.4. The fourth-order valence-electron chi connectivity index (χ4n) is 2.78. The van der Waals surface area contributed by atoms with Gasteiger partial charge in [0.05, 0.1) is 19.9 Å². The van der Waals surface area contributed by atoms with Gasteiger partial charge in [0.1, 0.15) is 11.5 Å². The van der Waals surface area contributed by atoms with Crippen LogP contribution in [0.4, 0.5) is 5.69 Å². The lowest BCUT2D eigenvalue weighted by atomic mass is 10.1. The topological polar surface area (TPSA) is 33.7 Å². The SMILES string of the molecule is CNCCc1cc(OC)c(N2CCCCC2)cc1OC. The van der Waals surface area contributed by atoms with Crippen molar-refractivity contribution in [3.63, 3.8) is 0 Å². The van der Waals surface area contributed by atoms with E-state index in [0.717, 1.165) is 43.2 Å². The number of nitrogens with one attached hydrogen (secondary N) is 1. The van der Waals surface area contributed by atoms with Gasteiger partial charge in [0.15, 0.2) is 0 Å². The van der Waals surface area contributed by atoms with E-state index >= 15 is 0 Å². The maximum absolute atomic E-state index is 5.60. The van der Waals surface area contributed by atoms with Crippen molar-refractivity contribution >= 4 is 5.69 Å². The summed E-state index contributed by atoms with van der Waals surface area (Å²) in [4.78, 5) is 2.41. The van der Waals surface area contributed by atoms with Crippen LogP contribution in [0.1, 0.15) is 24.8 Å². The summed E-state index contributed by atoms with van der Waals surface area (Å²) < 4.78 is 11.2. The van der Waals surface area contributed by atoms with Crippen molar-refractivity contribution in [1.29, 1.82) is 0 Å². The van der Waals surface area contributed by atoms with E-state index in [4.69, 9.17) is 9.47 Å². The van der Waals surface area contributed by atoms with Crippen molar-refractivity contribution < 1.29 is 9.47 Å². The smallest absolute Gasteiger partial charge is 0.142 e. The van der Waals surface area contributed by atoms with Gasteiger partial charge >= 0.3 is 0 Å². The molecule has 4 heteroatoms. The van der Waals surface area contributed by atoms with E-state index in [1.807, 2.05) is 7.05 Å². The van der Waals surface area contributed by atoms with E-state index < -0.39 is 0 Å². The summed E-state index contributed by atoms with van der Waals surface area (Å²) in [5.41, 5.74) is 2.36. The highest BCUT2D eigenvalue weighted by molar-refractivity contribution is 5.64. The molecule has 20 heavy (non-hydrogen) atoms. The number of nitrogens with zero attached hydrogens (tertiary/aromatic N) is 1. The van der Waals surface area contributed by atoms with Gasteiger partial charge < -0.3 is 19.7 Å². The van der Waals surface area contributed by atoms with Crippen molar-refractivity contribution in [1.82, 2.24) is 5.32 Å². The maximum atomic E-state index is 5.60. The van der Waals surface area contributed by atoms with Crippen LogP contribution in [0.5, 0.6) is 11.5 Å². The molecule has 1 saturated heterocycles. The molecule has 0 aliphatic carbocycles. The summed E-state index contributed by atoms with van der Waals surface area (Å²) in [7, 11) is 5.45. The van der Waals surface area contributed by atoms with Crippen LogP contribution in [0.3, 0.4) is 0 Å². The standard InChI is InChI=1S/C16H26N2O2/c1-17-8-7-13-11-16(20-3)14(12-15(13)19-2)18-9-5-4-6-10-18/h11-12,17H,4-10H2,1-3H3. The Kier molecular flexibility index (Phi) is 5.53. The lowest BCUT2D eigenvalue weighted by Crippen LogP contribution is -2.29. The summed E-state index contributed by atoms with van der Waals surface area (Å²) in [5.74, 6) is 1.92. The van der Waals surface area contributed by atoms with Crippen molar-refractivity contribution in [2.24, 2.45) is 0 Å². The van der Waals surface area contributed by atoms with Crippen LogP contribution in [-0.4, -0.2) is 40.9 Å². The second kappa shape index (κ2) is 7.39. The van der Waals surface area contributed by atoms with Gasteiger partial charge in [-0.2, -0.15) is 0 Å². The molecule has 0 aromatic heterocycles. The molecule has 1 heterocycles. The molecule has 0 radical (unpaired) electrons. The first kappa shape index (κ1) is 15.0. The van der Waals surface area contributed by atoms with Crippen molar-refractivity contribution in [3.8, 4) is 11.5 Å². The van der Waals surface area contributed by atoms with E-state index in [0.29, 0.717) is 0 Å². The fourth-order valence-corrected chi connectivity index (χ4v) is 2.78. The van der Waals surface area contributed by atoms with Gasteiger partial charge in [-0.1, -0.05) is 0 Å². The van der Waals surface area contributed by atoms with Gasteiger partial charge in [0.2, 0.25) is 0 Å². The molecule has 4 nitrogen and oxygen atoms in total. The third-order valence-corrected chi connectivity index (χ3v) is 3.92. The van der Waals surface area contributed by atoms with Crippen LogP contribution in [0, 0.1) is 0 Å². The molecule has 0 saturated carbocycles. The first-order valence-corrected chi connectivity index (χ1v) is 7.44. The van der Waals surface area contributed by atoms with Gasteiger partial charge in [-0.25, -0.2) is 0 Å². The Morgan fingerprint density at radius 2 is 1.75 bits per heavy atom. The Balaban J connectivity index is 2.30. The normalized spacial score (nSPS) is 15.2. The maximum Gasteiger partial charge on any atom is 0.142 e. The predicted octanol–water partition coefficient (Wildman–Crippen LogP) is 2.46. The van der Waals surface area contributed by atoms with E-state index in [1.54, 1.807) is 14.2 Å². The number of piperidine rings is 1. The minimum Gasteiger partial charge on any atom is -0.496 e. The molecular weight excluding hydrogens is 252 g/mol. The number of rotatable bonds is 6. The molecule has 1 aliphatic rings. The molecule has 1 aromatic rings. The predicted molar refractivity (Wildman–Crippen MR) is 83.2 cm³/mol. The molecule has 112 valence electrons. The van der Waals surface area contributed by atoms with E-state index in [-0.39, 0.29) is 0 Å². The number of methoxy groups -OCH3 is 2. The zero-order valence-electron chi connectivity index (χ0n) is 12.9. The Labute approximate surface area is 122 Å². The Morgan fingerprint density at radius 3 is 2.35 bits per heavy atom. The van der Waals surface area contributed by atoms with Crippen LogP contribution in [0.25, 0.3) is 0 Å². The Bertz CT molecular complexity index is 429. The molecule has 1 aromatic carbocycles. The Morgan fingerprint density at radius 1 is 1.05 bits per heavy atom. The summed E-state index contributed by atoms with van der Waals surface area (Å²) in [6, 6.07) is 4.26. The zero-order valence-corrected chi connectivity index (χ0v) is 12.9. The average Bonchev–Trinajstić information content (AvgIpc) is 2.52. The van der Waals surface area contributed by atoms with Crippen LogP contribution < -0.4 is 19.7 Å². The number of benzene rings is 1. The molecule has 1 fully saturated rings. The number of hydrogen-bond acceptors (Lipinski definition) is 4. The lowest BCUT2D eigenvalue weighted by molar-refractivity contribution is 0.397. The molecule has 0 atom stereocenters. The van der Waals surface area contributed by atoms with Crippen LogP contribution in [-0.2, 0) is 6.42 Å². The molecule has 1 N–H and O–H groups in total. The monoisotopic (exact) mass is 278 g/mol. The highest BCUT2D eigenvalue weighted by Gasteiger charge is 2.18. The molecule has 0 amide bonds. The molecule has 0 unspecified atom stereocenters. The van der Waals surface area contributed by atoms with Gasteiger partial charge in [-0.15, -0.1) is 0 Å². The van der Waals surface area contributed by atoms with Crippen molar-refractivity contribution in [2.45, 2.75) is 25.7 Å². The van der Waals surface area contributed by atoms with E-state index in [9.17, 15) is 0 Å². The molecule has 2 rings (SSSR count). The summed E-state index contributed by atoms with van der Waals surface area (Å²) in [5, 5.41) is 3.18. The average molecular weight is 278 g/mol. The Hall–Kier alpha value is -1.42. The first-order chi connectivity index (χ1) is 9.80. The summed E-state index contributed by atoms with van der Waals surface area (Å²) in [6.07, 6.45) is 4.78. The first-order valence-electron chi connectivity index (χ1n) is 7.44. The van der Waals surface area contributed by atoms with Gasteiger partial charge in [0.25, 0.3) is 0 Å². The number of likely N-dealkylation sites (N-methyl/N-ethyl adjacent to an activating group) is 1. The largest absolute Gasteiger partial charge is 0.496 e. The number of ether oxygens (including phenoxy) is 2. The van der Waals surface area contributed by atoms with Crippen LogP contribution >= 0.6 is 0 Å². The lowest BCUT2D eigenvalue weighted by Gasteiger charge is -2.30. The van der Waals surface area contributed by atoms with Gasteiger partial charge in [-0.05, 0) is 50.9 Å². The fraction of sp³-hybridized carbons (Fsp3) is 0.625. The second-order valence-electron chi connectivity index (χ2n) is 5.24. The quantitative estimate of drug-likeness (QED) is 0.866. The summed E-state index contributed by atoms with van der Waals surface area (Å²) in [6.45, 7) is 3.15. The molecule has 0 bridgehead atoms.